The monoisotopic (exact) mass is 310 g/mol. The fraction of sp³-hybridized carbons (Fsp3) is 0.300. The van der Waals surface area contributed by atoms with Crippen LogP contribution in [0, 0.1) is 6.92 Å². The summed E-state index contributed by atoms with van der Waals surface area (Å²) in [5, 5.41) is 0. The van der Waals surface area contributed by atoms with Crippen molar-refractivity contribution in [3.63, 3.8) is 0 Å². The summed E-state index contributed by atoms with van der Waals surface area (Å²) in [5.41, 5.74) is 4.21. The molecule has 1 nitrogen and oxygen atoms in total. The first kappa shape index (κ1) is 15.2. The summed E-state index contributed by atoms with van der Waals surface area (Å²) in [4.78, 5) is 1.44. The molecule has 2 heteroatoms. The van der Waals surface area contributed by atoms with Gasteiger partial charge in [0.1, 0.15) is 5.75 Å². The van der Waals surface area contributed by atoms with E-state index in [1.807, 2.05) is 11.8 Å². The summed E-state index contributed by atoms with van der Waals surface area (Å²) < 4.78 is 5.28. The van der Waals surface area contributed by atoms with Gasteiger partial charge in [-0.3, -0.25) is 0 Å². The van der Waals surface area contributed by atoms with Crippen LogP contribution in [0.5, 0.6) is 5.75 Å². The molecule has 0 N–H and O–H groups in total. The van der Waals surface area contributed by atoms with Crippen LogP contribution >= 0.6 is 11.8 Å². The van der Waals surface area contributed by atoms with Crippen molar-refractivity contribution in [3.05, 3.63) is 71.8 Å². The number of aryl methyl sites for hydroxylation is 1. The molecule has 3 rings (SSSR count). The van der Waals surface area contributed by atoms with Crippen LogP contribution < -0.4 is 4.74 Å². The second-order valence-corrected chi connectivity index (χ2v) is 6.92. The van der Waals surface area contributed by atoms with Crippen molar-refractivity contribution in [2.75, 3.05) is 12.9 Å². The molecule has 1 aliphatic heterocycles. The van der Waals surface area contributed by atoms with E-state index in [-0.39, 0.29) is 0 Å². The summed E-state index contributed by atoms with van der Waals surface area (Å²) >= 11 is 1.98. The van der Waals surface area contributed by atoms with Crippen molar-refractivity contribution >= 4 is 11.8 Å². The fourth-order valence-corrected chi connectivity index (χ4v) is 4.67. The number of hydrogen-bond donors (Lipinski definition) is 0. The van der Waals surface area contributed by atoms with Crippen molar-refractivity contribution in [1.82, 2.24) is 0 Å². The van der Waals surface area contributed by atoms with E-state index in [1.54, 1.807) is 7.11 Å². The molecule has 2 aromatic rings. The Morgan fingerprint density at radius 3 is 2.68 bits per heavy atom. The first-order chi connectivity index (χ1) is 10.7. The second kappa shape index (κ2) is 6.62. The van der Waals surface area contributed by atoms with Crippen molar-refractivity contribution < 1.29 is 4.74 Å². The van der Waals surface area contributed by atoms with Crippen molar-refractivity contribution in [3.8, 4) is 5.75 Å². The Bertz CT molecular complexity index is 660. The normalized spacial score (nSPS) is 20.3. The highest BCUT2D eigenvalue weighted by Gasteiger charge is 2.30. The Balaban J connectivity index is 1.97. The van der Waals surface area contributed by atoms with Crippen LogP contribution in [0.2, 0.25) is 0 Å². The van der Waals surface area contributed by atoms with E-state index >= 15 is 0 Å². The summed E-state index contributed by atoms with van der Waals surface area (Å²) in [6, 6.07) is 15.4. The highest BCUT2D eigenvalue weighted by Crippen LogP contribution is 2.47. The van der Waals surface area contributed by atoms with Gasteiger partial charge in [-0.15, -0.1) is 18.3 Å². The maximum atomic E-state index is 5.28. The third-order valence-corrected chi connectivity index (χ3v) is 5.63. The van der Waals surface area contributed by atoms with Gasteiger partial charge in [-0.05, 0) is 48.6 Å². The molecule has 1 aliphatic rings. The molecule has 1 heterocycles. The minimum atomic E-state index is 0.516. The molecule has 2 aromatic carbocycles. The maximum Gasteiger partial charge on any atom is 0.118 e. The molecule has 0 fully saturated rings. The predicted molar refractivity (Wildman–Crippen MR) is 95.2 cm³/mol. The summed E-state index contributed by atoms with van der Waals surface area (Å²) in [7, 11) is 1.71. The van der Waals surface area contributed by atoms with Gasteiger partial charge in [-0.2, -0.15) is 0 Å². The number of rotatable bonds is 4. The van der Waals surface area contributed by atoms with Crippen LogP contribution in [0.15, 0.2) is 60.0 Å². The number of benzene rings is 2. The second-order valence-electron chi connectivity index (χ2n) is 5.86. The standard InChI is InChI=1S/C20H22OS/c1-4-5-17-18-11-6-14(2)12-20(18)22-13-19(17)15-7-9-16(21-3)10-8-15/h4,6-12,17,19H,1,5,13H2,2-3H3. The average Bonchev–Trinajstić information content (AvgIpc) is 2.55. The third-order valence-electron chi connectivity index (χ3n) is 4.44. The number of thioether (sulfide) groups is 1. The van der Waals surface area contributed by atoms with E-state index in [4.69, 9.17) is 4.74 Å². The minimum absolute atomic E-state index is 0.516. The van der Waals surface area contributed by atoms with Crippen LogP contribution in [0.1, 0.15) is 34.9 Å². The number of methoxy groups -OCH3 is 1. The quantitative estimate of drug-likeness (QED) is 0.684. The molecule has 114 valence electrons. The van der Waals surface area contributed by atoms with Crippen molar-refractivity contribution in [2.24, 2.45) is 0 Å². The Morgan fingerprint density at radius 2 is 2.00 bits per heavy atom. The maximum absolute atomic E-state index is 5.28. The van der Waals surface area contributed by atoms with Crippen LogP contribution in [-0.4, -0.2) is 12.9 Å². The van der Waals surface area contributed by atoms with E-state index < -0.39 is 0 Å². The largest absolute Gasteiger partial charge is 0.497 e. The Labute approximate surface area is 137 Å². The molecule has 2 unspecified atom stereocenters. The summed E-state index contributed by atoms with van der Waals surface area (Å²) in [6.45, 7) is 6.14. The first-order valence-electron chi connectivity index (χ1n) is 7.71. The van der Waals surface area contributed by atoms with Gasteiger partial charge >= 0.3 is 0 Å². The van der Waals surface area contributed by atoms with Gasteiger partial charge in [0.15, 0.2) is 0 Å². The third kappa shape index (κ3) is 2.93. The average molecular weight is 310 g/mol. The number of fused-ring (bicyclic) bond motifs is 1. The lowest BCUT2D eigenvalue weighted by molar-refractivity contribution is 0.414. The van der Waals surface area contributed by atoms with Gasteiger partial charge in [-0.25, -0.2) is 0 Å². The minimum Gasteiger partial charge on any atom is -0.497 e. The zero-order chi connectivity index (χ0) is 15.5. The van der Waals surface area contributed by atoms with Crippen molar-refractivity contribution in [2.45, 2.75) is 30.1 Å². The van der Waals surface area contributed by atoms with Gasteiger partial charge in [0, 0.05) is 16.6 Å². The van der Waals surface area contributed by atoms with Gasteiger partial charge in [-0.1, -0.05) is 35.9 Å². The van der Waals surface area contributed by atoms with Crippen molar-refractivity contribution in [1.29, 1.82) is 0 Å². The molecule has 0 saturated heterocycles. The van der Waals surface area contributed by atoms with E-state index in [0.29, 0.717) is 11.8 Å². The lowest BCUT2D eigenvalue weighted by Crippen LogP contribution is -2.18. The topological polar surface area (TPSA) is 9.23 Å². The Hall–Kier alpha value is -1.67. The van der Waals surface area contributed by atoms with Gasteiger partial charge in [0.2, 0.25) is 0 Å². The smallest absolute Gasteiger partial charge is 0.118 e. The SMILES string of the molecule is C=CCC1c2ccc(C)cc2SCC1c1ccc(OC)cc1. The zero-order valence-corrected chi connectivity index (χ0v) is 14.0. The lowest BCUT2D eigenvalue weighted by Gasteiger charge is -2.33. The highest BCUT2D eigenvalue weighted by atomic mass is 32.2. The van der Waals surface area contributed by atoms with Crippen LogP contribution in [0.4, 0.5) is 0 Å². The molecule has 0 bridgehead atoms. The van der Waals surface area contributed by atoms with Crippen LogP contribution in [-0.2, 0) is 0 Å². The van der Waals surface area contributed by atoms with Crippen LogP contribution in [0.25, 0.3) is 0 Å². The summed E-state index contributed by atoms with van der Waals surface area (Å²) in [6.07, 6.45) is 3.08. The fourth-order valence-electron chi connectivity index (χ4n) is 3.24. The molecular formula is C20H22OS. The van der Waals surface area contributed by atoms with Crippen LogP contribution in [0.3, 0.4) is 0 Å². The van der Waals surface area contributed by atoms with Gasteiger partial charge in [0.25, 0.3) is 0 Å². The first-order valence-corrected chi connectivity index (χ1v) is 8.69. The molecule has 0 aliphatic carbocycles. The number of allylic oxidation sites excluding steroid dienone is 1. The molecule has 0 radical (unpaired) electrons. The molecule has 0 spiro atoms. The van der Waals surface area contributed by atoms with Gasteiger partial charge in [0.05, 0.1) is 7.11 Å². The highest BCUT2D eigenvalue weighted by molar-refractivity contribution is 7.99. The molecule has 0 amide bonds. The number of ether oxygens (including phenoxy) is 1. The zero-order valence-electron chi connectivity index (χ0n) is 13.2. The Morgan fingerprint density at radius 1 is 1.23 bits per heavy atom. The number of hydrogen-bond acceptors (Lipinski definition) is 2. The van der Waals surface area contributed by atoms with E-state index in [0.717, 1.165) is 17.9 Å². The molecule has 0 aromatic heterocycles. The molecular weight excluding hydrogens is 288 g/mol. The van der Waals surface area contributed by atoms with E-state index in [1.165, 1.54) is 21.6 Å². The lowest BCUT2D eigenvalue weighted by atomic mass is 9.80. The van der Waals surface area contributed by atoms with E-state index in [9.17, 15) is 0 Å². The van der Waals surface area contributed by atoms with E-state index in [2.05, 4.69) is 62.0 Å². The molecule has 0 saturated carbocycles. The predicted octanol–water partition coefficient (Wildman–Crippen LogP) is 5.55. The Kier molecular flexibility index (Phi) is 4.58. The summed E-state index contributed by atoms with van der Waals surface area (Å²) in [5.74, 6) is 3.09. The molecule has 22 heavy (non-hydrogen) atoms. The molecule has 2 atom stereocenters. The van der Waals surface area contributed by atoms with Gasteiger partial charge < -0.3 is 4.74 Å².